The number of urea groups is 1. The van der Waals surface area contributed by atoms with Crippen molar-refractivity contribution in [3.8, 4) is 0 Å². The number of likely N-dealkylation sites (N-methyl/N-ethyl adjacent to an activating group) is 1. The molecular formula is C13H23N3O4. The molecule has 0 radical (unpaired) electrons. The molecule has 0 saturated carbocycles. The minimum Gasteiger partial charge on any atom is -0.481 e. The van der Waals surface area contributed by atoms with Crippen molar-refractivity contribution in [1.29, 1.82) is 0 Å². The molecule has 7 heteroatoms. The van der Waals surface area contributed by atoms with Gasteiger partial charge in [0, 0.05) is 25.7 Å². The van der Waals surface area contributed by atoms with E-state index in [2.05, 4.69) is 5.32 Å². The molecule has 0 aromatic heterocycles. The molecule has 0 aliphatic carbocycles. The number of nitrogens with zero attached hydrogens (tertiary/aromatic N) is 2. The second-order valence-corrected chi connectivity index (χ2v) is 5.45. The SMILES string of the molecule is CC(C)NC(=O)CN(C)C(=O)N1CCCC1CC(=O)O. The first kappa shape index (κ1) is 16.3. The highest BCUT2D eigenvalue weighted by Crippen LogP contribution is 2.21. The zero-order valence-electron chi connectivity index (χ0n) is 12.3. The lowest BCUT2D eigenvalue weighted by Crippen LogP contribution is -2.48. The van der Waals surface area contributed by atoms with Crippen molar-refractivity contribution in [3.05, 3.63) is 0 Å². The van der Waals surface area contributed by atoms with Gasteiger partial charge < -0.3 is 20.2 Å². The number of nitrogens with one attached hydrogen (secondary N) is 1. The van der Waals surface area contributed by atoms with Crippen LogP contribution in [-0.2, 0) is 9.59 Å². The van der Waals surface area contributed by atoms with Crippen molar-refractivity contribution in [2.24, 2.45) is 0 Å². The van der Waals surface area contributed by atoms with Gasteiger partial charge in [0.25, 0.3) is 0 Å². The molecular weight excluding hydrogens is 262 g/mol. The molecule has 1 aliphatic rings. The van der Waals surface area contributed by atoms with Crippen molar-refractivity contribution in [2.45, 2.75) is 45.2 Å². The Morgan fingerprint density at radius 1 is 1.40 bits per heavy atom. The molecule has 1 atom stereocenters. The Kier molecular flexibility index (Phi) is 5.79. The molecule has 2 N–H and O–H groups in total. The number of carbonyl (C=O) groups is 3. The van der Waals surface area contributed by atoms with E-state index < -0.39 is 5.97 Å². The zero-order valence-corrected chi connectivity index (χ0v) is 12.3. The predicted octanol–water partition coefficient (Wildman–Crippen LogP) is 0.502. The molecule has 0 aromatic rings. The Labute approximate surface area is 118 Å². The Bertz CT molecular complexity index is 384. The average Bonchev–Trinajstić information content (AvgIpc) is 2.73. The summed E-state index contributed by atoms with van der Waals surface area (Å²) >= 11 is 0. The quantitative estimate of drug-likeness (QED) is 0.769. The Morgan fingerprint density at radius 2 is 2.05 bits per heavy atom. The van der Waals surface area contributed by atoms with Crippen molar-refractivity contribution in [3.63, 3.8) is 0 Å². The number of aliphatic carboxylic acids is 1. The lowest BCUT2D eigenvalue weighted by atomic mass is 10.1. The summed E-state index contributed by atoms with van der Waals surface area (Å²) in [5, 5.41) is 11.6. The van der Waals surface area contributed by atoms with Crippen LogP contribution in [0.25, 0.3) is 0 Å². The van der Waals surface area contributed by atoms with E-state index in [1.807, 2.05) is 13.8 Å². The lowest BCUT2D eigenvalue weighted by molar-refractivity contribution is -0.138. The standard InChI is InChI=1S/C13H23N3O4/c1-9(2)14-11(17)8-15(3)13(20)16-6-4-5-10(16)7-12(18)19/h9-10H,4-8H2,1-3H3,(H,14,17)(H,18,19). The van der Waals surface area contributed by atoms with Crippen LogP contribution in [0.3, 0.4) is 0 Å². The smallest absolute Gasteiger partial charge is 0.320 e. The topological polar surface area (TPSA) is 90.0 Å². The van der Waals surface area contributed by atoms with Crippen LogP contribution >= 0.6 is 0 Å². The molecule has 3 amide bonds. The van der Waals surface area contributed by atoms with Gasteiger partial charge in [0.05, 0.1) is 6.42 Å². The van der Waals surface area contributed by atoms with Gasteiger partial charge >= 0.3 is 12.0 Å². The number of carboxylic acid groups (broad SMARTS) is 1. The van der Waals surface area contributed by atoms with Gasteiger partial charge in [0.2, 0.25) is 5.91 Å². The monoisotopic (exact) mass is 285 g/mol. The molecule has 0 spiro atoms. The number of hydrogen-bond donors (Lipinski definition) is 2. The third-order valence-electron chi connectivity index (χ3n) is 3.19. The minimum absolute atomic E-state index is 0.0205. The molecule has 1 heterocycles. The van der Waals surface area contributed by atoms with E-state index >= 15 is 0 Å². The van der Waals surface area contributed by atoms with Gasteiger partial charge in [0.15, 0.2) is 0 Å². The van der Waals surface area contributed by atoms with E-state index in [0.29, 0.717) is 13.0 Å². The van der Waals surface area contributed by atoms with E-state index in [0.717, 1.165) is 6.42 Å². The fraction of sp³-hybridized carbons (Fsp3) is 0.769. The van der Waals surface area contributed by atoms with E-state index in [1.165, 1.54) is 4.90 Å². The van der Waals surface area contributed by atoms with Crippen LogP contribution in [0, 0.1) is 0 Å². The summed E-state index contributed by atoms with van der Waals surface area (Å²) in [5.41, 5.74) is 0. The lowest BCUT2D eigenvalue weighted by Gasteiger charge is -2.28. The number of likely N-dealkylation sites (tertiary alicyclic amines) is 1. The molecule has 0 aromatic carbocycles. The van der Waals surface area contributed by atoms with Crippen molar-refractivity contribution in [2.75, 3.05) is 20.1 Å². The summed E-state index contributed by atoms with van der Waals surface area (Å²) < 4.78 is 0. The number of amides is 3. The summed E-state index contributed by atoms with van der Waals surface area (Å²) in [6.07, 6.45) is 1.46. The summed E-state index contributed by atoms with van der Waals surface area (Å²) in [6, 6.07) is -0.527. The van der Waals surface area contributed by atoms with Gasteiger partial charge in [-0.2, -0.15) is 0 Å². The van der Waals surface area contributed by atoms with Gasteiger partial charge in [-0.3, -0.25) is 9.59 Å². The van der Waals surface area contributed by atoms with Crippen molar-refractivity contribution in [1.82, 2.24) is 15.1 Å². The Balaban J connectivity index is 2.55. The molecule has 1 fully saturated rings. The third-order valence-corrected chi connectivity index (χ3v) is 3.19. The van der Waals surface area contributed by atoms with E-state index in [4.69, 9.17) is 5.11 Å². The van der Waals surface area contributed by atoms with Crippen LogP contribution in [0.1, 0.15) is 33.1 Å². The van der Waals surface area contributed by atoms with Gasteiger partial charge in [-0.1, -0.05) is 0 Å². The maximum atomic E-state index is 12.2. The predicted molar refractivity (Wildman–Crippen MR) is 73.3 cm³/mol. The zero-order chi connectivity index (χ0) is 15.3. The van der Waals surface area contributed by atoms with Crippen LogP contribution < -0.4 is 5.32 Å². The van der Waals surface area contributed by atoms with Gasteiger partial charge in [0.1, 0.15) is 6.54 Å². The molecule has 7 nitrogen and oxygen atoms in total. The van der Waals surface area contributed by atoms with Crippen molar-refractivity contribution < 1.29 is 19.5 Å². The Hall–Kier alpha value is -1.79. The van der Waals surface area contributed by atoms with Crippen molar-refractivity contribution >= 4 is 17.9 Å². The largest absolute Gasteiger partial charge is 0.481 e. The van der Waals surface area contributed by atoms with Gasteiger partial charge in [-0.05, 0) is 26.7 Å². The first-order valence-corrected chi connectivity index (χ1v) is 6.84. The van der Waals surface area contributed by atoms with Gasteiger partial charge in [-0.25, -0.2) is 4.79 Å². The third kappa shape index (κ3) is 4.71. The number of rotatable bonds is 5. The molecule has 1 aliphatic heterocycles. The summed E-state index contributed by atoms with van der Waals surface area (Å²) in [7, 11) is 1.55. The van der Waals surface area contributed by atoms with Crippen LogP contribution in [0.2, 0.25) is 0 Å². The summed E-state index contributed by atoms with van der Waals surface area (Å²) in [6.45, 7) is 4.23. The second kappa shape index (κ2) is 7.12. The highest BCUT2D eigenvalue weighted by atomic mass is 16.4. The second-order valence-electron chi connectivity index (χ2n) is 5.45. The normalized spacial score (nSPS) is 18.2. The Morgan fingerprint density at radius 3 is 2.60 bits per heavy atom. The number of carboxylic acids is 1. The molecule has 0 bridgehead atoms. The summed E-state index contributed by atoms with van der Waals surface area (Å²) in [5.74, 6) is -1.13. The molecule has 114 valence electrons. The van der Waals surface area contributed by atoms with E-state index in [9.17, 15) is 14.4 Å². The fourth-order valence-corrected chi connectivity index (χ4v) is 2.37. The first-order chi connectivity index (χ1) is 9.31. The summed E-state index contributed by atoms with van der Waals surface area (Å²) in [4.78, 5) is 37.5. The molecule has 1 rings (SSSR count). The van der Waals surface area contributed by atoms with Crippen LogP contribution in [0.15, 0.2) is 0 Å². The molecule has 1 unspecified atom stereocenters. The molecule has 20 heavy (non-hydrogen) atoms. The maximum Gasteiger partial charge on any atom is 0.320 e. The fourth-order valence-electron chi connectivity index (χ4n) is 2.37. The van der Waals surface area contributed by atoms with Gasteiger partial charge in [-0.15, -0.1) is 0 Å². The van der Waals surface area contributed by atoms with Crippen LogP contribution in [0.5, 0.6) is 0 Å². The highest BCUT2D eigenvalue weighted by molar-refractivity contribution is 5.84. The minimum atomic E-state index is -0.907. The van der Waals surface area contributed by atoms with Crippen LogP contribution in [-0.4, -0.2) is 65.0 Å². The van der Waals surface area contributed by atoms with E-state index in [1.54, 1.807) is 11.9 Å². The average molecular weight is 285 g/mol. The highest BCUT2D eigenvalue weighted by Gasteiger charge is 2.32. The number of carbonyl (C=O) groups excluding carboxylic acids is 2. The van der Waals surface area contributed by atoms with E-state index in [-0.39, 0.29) is 37.0 Å². The molecule has 1 saturated heterocycles. The van der Waals surface area contributed by atoms with Crippen LogP contribution in [0.4, 0.5) is 4.79 Å². The first-order valence-electron chi connectivity index (χ1n) is 6.84. The maximum absolute atomic E-state index is 12.2. The number of hydrogen-bond acceptors (Lipinski definition) is 3.